The number of phosphoric ester groups is 1. The number of phosphoric acid groups is 1. The Balaban J connectivity index is 1.28. The Morgan fingerprint density at radius 2 is 1.64 bits per heavy atom. The topological polar surface area (TPSA) is 44.8 Å². The van der Waals surface area contributed by atoms with Gasteiger partial charge in [-0.15, -0.1) is 0 Å². The first-order valence-corrected chi connectivity index (χ1v) is 13.3. The van der Waals surface area contributed by atoms with Gasteiger partial charge in [0.2, 0.25) is 0 Å². The van der Waals surface area contributed by atoms with Gasteiger partial charge in [-0.3, -0.25) is 13.6 Å². The van der Waals surface area contributed by atoms with Gasteiger partial charge in [0.05, 0.1) is 18.3 Å². The molecule has 5 aliphatic rings. The standard InChI is InChI=1S/C23H39O4P/c1-15-16(2)26-28(24,25-15)27-18-9-13-23(4)17(14-18)7-8-19-20-6-5-11-22(20,3)12-10-21(19)23/h15-21H,5-14H2,1-4H3/t15?,16?,17-,18-,19-,20-,21-,22-,23-,28?/m0/s1. The summed E-state index contributed by atoms with van der Waals surface area (Å²) in [6.07, 6.45) is 12.9. The van der Waals surface area contributed by atoms with E-state index in [1.807, 2.05) is 13.8 Å². The highest BCUT2D eigenvalue weighted by Crippen LogP contribution is 2.67. The van der Waals surface area contributed by atoms with E-state index in [9.17, 15) is 4.57 Å². The van der Waals surface area contributed by atoms with Gasteiger partial charge >= 0.3 is 7.82 Å². The van der Waals surface area contributed by atoms with Gasteiger partial charge in [0.1, 0.15) is 0 Å². The molecule has 0 N–H and O–H groups in total. The molecule has 0 radical (unpaired) electrons. The molecule has 2 unspecified atom stereocenters. The summed E-state index contributed by atoms with van der Waals surface area (Å²) in [4.78, 5) is 0. The van der Waals surface area contributed by atoms with Crippen LogP contribution in [0, 0.1) is 34.5 Å². The third-order valence-corrected chi connectivity index (χ3v) is 11.7. The second-order valence-electron chi connectivity index (χ2n) is 11.3. The Bertz CT molecular complexity index is 653. The van der Waals surface area contributed by atoms with Crippen molar-refractivity contribution in [1.29, 1.82) is 0 Å². The summed E-state index contributed by atoms with van der Waals surface area (Å²) in [5, 5.41) is 0. The first kappa shape index (κ1) is 20.0. The van der Waals surface area contributed by atoms with Crippen molar-refractivity contribution in [1.82, 2.24) is 0 Å². The van der Waals surface area contributed by atoms with Crippen molar-refractivity contribution in [2.24, 2.45) is 34.5 Å². The number of hydrogen-bond acceptors (Lipinski definition) is 4. The molecular formula is C23H39O4P. The van der Waals surface area contributed by atoms with Gasteiger partial charge in [-0.2, -0.15) is 0 Å². The van der Waals surface area contributed by atoms with Crippen molar-refractivity contribution >= 4 is 7.82 Å². The van der Waals surface area contributed by atoms with Crippen LogP contribution in [0.3, 0.4) is 0 Å². The molecule has 1 aliphatic heterocycles. The highest BCUT2D eigenvalue weighted by Gasteiger charge is 2.58. The summed E-state index contributed by atoms with van der Waals surface area (Å²) in [6, 6.07) is 0. The molecular weight excluding hydrogens is 371 g/mol. The zero-order valence-electron chi connectivity index (χ0n) is 18.2. The zero-order chi connectivity index (χ0) is 19.7. The lowest BCUT2D eigenvalue weighted by molar-refractivity contribution is -0.119. The van der Waals surface area contributed by atoms with Gasteiger partial charge in [-0.25, -0.2) is 4.57 Å². The SMILES string of the molecule is CC1OP(=O)(O[C@H]2CC[C@@]3(C)[C@@H](CC[C@H]4[C@@H]5CCC[C@@]5(C)CC[C@@H]43)C2)OC1C. The average Bonchev–Trinajstić information content (AvgIpc) is 3.14. The molecule has 160 valence electrons. The van der Waals surface area contributed by atoms with Crippen LogP contribution in [0.25, 0.3) is 0 Å². The molecule has 5 fully saturated rings. The molecule has 1 heterocycles. The second kappa shape index (κ2) is 6.81. The first-order chi connectivity index (χ1) is 13.2. The maximum Gasteiger partial charge on any atom is 0.475 e. The Labute approximate surface area is 171 Å². The van der Waals surface area contributed by atoms with Gasteiger partial charge in [-0.05, 0) is 106 Å². The summed E-state index contributed by atoms with van der Waals surface area (Å²) in [5.41, 5.74) is 1.08. The summed E-state index contributed by atoms with van der Waals surface area (Å²) in [5.74, 6) is 3.50. The Morgan fingerprint density at radius 1 is 0.893 bits per heavy atom. The van der Waals surface area contributed by atoms with E-state index in [0.29, 0.717) is 16.7 Å². The van der Waals surface area contributed by atoms with Crippen LogP contribution >= 0.6 is 7.82 Å². The lowest BCUT2D eigenvalue weighted by Crippen LogP contribution is -2.53. The quantitative estimate of drug-likeness (QED) is 0.473. The maximum atomic E-state index is 12.9. The molecule has 0 aromatic carbocycles. The predicted molar refractivity (Wildman–Crippen MR) is 110 cm³/mol. The molecule has 0 bridgehead atoms. The van der Waals surface area contributed by atoms with Gasteiger partial charge in [0.25, 0.3) is 0 Å². The Kier molecular flexibility index (Phi) is 4.87. The largest absolute Gasteiger partial charge is 0.475 e. The lowest BCUT2D eigenvalue weighted by Gasteiger charge is -2.60. The number of rotatable bonds is 2. The van der Waals surface area contributed by atoms with E-state index in [1.54, 1.807) is 0 Å². The third-order valence-electron chi connectivity index (χ3n) is 9.93. The molecule has 28 heavy (non-hydrogen) atoms. The second-order valence-corrected chi connectivity index (χ2v) is 12.8. The lowest BCUT2D eigenvalue weighted by atomic mass is 9.45. The first-order valence-electron chi connectivity index (χ1n) is 11.9. The molecule has 0 amide bonds. The van der Waals surface area contributed by atoms with Crippen molar-refractivity contribution in [3.63, 3.8) is 0 Å². The number of fused-ring (bicyclic) bond motifs is 5. The van der Waals surface area contributed by atoms with E-state index in [2.05, 4.69) is 13.8 Å². The van der Waals surface area contributed by atoms with Crippen LogP contribution in [-0.2, 0) is 18.1 Å². The average molecular weight is 411 g/mol. The van der Waals surface area contributed by atoms with Crippen molar-refractivity contribution in [3.05, 3.63) is 0 Å². The van der Waals surface area contributed by atoms with Gasteiger partial charge in [-0.1, -0.05) is 20.3 Å². The fourth-order valence-corrected chi connectivity index (χ4v) is 10.0. The van der Waals surface area contributed by atoms with E-state index in [4.69, 9.17) is 13.6 Å². The van der Waals surface area contributed by atoms with Crippen molar-refractivity contribution in [2.75, 3.05) is 0 Å². The molecule has 5 rings (SSSR count). The molecule has 0 aromatic rings. The molecule has 5 heteroatoms. The Morgan fingerprint density at radius 3 is 2.39 bits per heavy atom. The molecule has 4 saturated carbocycles. The van der Waals surface area contributed by atoms with E-state index in [0.717, 1.165) is 30.6 Å². The molecule has 0 aromatic heterocycles. The highest BCUT2D eigenvalue weighted by atomic mass is 31.2. The van der Waals surface area contributed by atoms with E-state index in [1.165, 1.54) is 51.4 Å². The van der Waals surface area contributed by atoms with E-state index in [-0.39, 0.29) is 18.3 Å². The minimum Gasteiger partial charge on any atom is -0.284 e. The molecule has 1 saturated heterocycles. The van der Waals surface area contributed by atoms with E-state index < -0.39 is 7.82 Å². The van der Waals surface area contributed by atoms with Crippen LogP contribution in [0.2, 0.25) is 0 Å². The minimum absolute atomic E-state index is 0.0262. The molecule has 9 atom stereocenters. The van der Waals surface area contributed by atoms with E-state index >= 15 is 0 Å². The molecule has 4 aliphatic carbocycles. The van der Waals surface area contributed by atoms with Crippen molar-refractivity contribution in [2.45, 2.75) is 110 Å². The molecule has 0 spiro atoms. The third kappa shape index (κ3) is 3.08. The summed E-state index contributed by atoms with van der Waals surface area (Å²) in [7, 11) is -3.37. The van der Waals surface area contributed by atoms with Crippen LogP contribution in [0.4, 0.5) is 0 Å². The Hall–Kier alpha value is 0.110. The van der Waals surface area contributed by atoms with Crippen LogP contribution in [-0.4, -0.2) is 18.3 Å². The summed E-state index contributed by atoms with van der Waals surface area (Å²) in [6.45, 7) is 8.98. The number of hydrogen-bond donors (Lipinski definition) is 0. The van der Waals surface area contributed by atoms with Gasteiger partial charge < -0.3 is 0 Å². The van der Waals surface area contributed by atoms with Gasteiger partial charge in [0.15, 0.2) is 0 Å². The van der Waals surface area contributed by atoms with Crippen LogP contribution in [0.5, 0.6) is 0 Å². The van der Waals surface area contributed by atoms with Crippen molar-refractivity contribution < 1.29 is 18.1 Å². The predicted octanol–water partition coefficient (Wildman–Crippen LogP) is 6.74. The monoisotopic (exact) mass is 410 g/mol. The summed E-state index contributed by atoms with van der Waals surface area (Å²) >= 11 is 0. The fourth-order valence-electron chi connectivity index (χ4n) is 8.14. The van der Waals surface area contributed by atoms with Crippen molar-refractivity contribution in [3.8, 4) is 0 Å². The zero-order valence-corrected chi connectivity index (χ0v) is 19.1. The fraction of sp³-hybridized carbons (Fsp3) is 1.00. The maximum absolute atomic E-state index is 12.9. The minimum atomic E-state index is -3.37. The molecule has 4 nitrogen and oxygen atoms in total. The normalized spacial score (nSPS) is 58.8. The van der Waals surface area contributed by atoms with Gasteiger partial charge in [0, 0.05) is 0 Å². The van der Waals surface area contributed by atoms with Crippen LogP contribution < -0.4 is 0 Å². The summed E-state index contributed by atoms with van der Waals surface area (Å²) < 4.78 is 30.0. The van der Waals surface area contributed by atoms with Crippen LogP contribution in [0.15, 0.2) is 0 Å². The smallest absolute Gasteiger partial charge is 0.284 e. The van der Waals surface area contributed by atoms with Crippen LogP contribution in [0.1, 0.15) is 91.9 Å². The highest BCUT2D eigenvalue weighted by molar-refractivity contribution is 7.48.